The first-order chi connectivity index (χ1) is 6.69. The van der Waals surface area contributed by atoms with Crippen LogP contribution in [0.25, 0.3) is 0 Å². The Labute approximate surface area is 86.1 Å². The molecule has 0 fully saturated rings. The highest BCUT2D eigenvalue weighted by Crippen LogP contribution is 2.22. The van der Waals surface area contributed by atoms with E-state index in [1.807, 2.05) is 6.92 Å². The molecule has 6 heteroatoms. The summed E-state index contributed by atoms with van der Waals surface area (Å²) in [5, 5.41) is 24.0. The van der Waals surface area contributed by atoms with Gasteiger partial charge in [-0.2, -0.15) is 0 Å². The lowest BCUT2D eigenvalue weighted by Gasteiger charge is -1.96. The van der Waals surface area contributed by atoms with E-state index in [1.54, 1.807) is 6.92 Å². The van der Waals surface area contributed by atoms with E-state index in [-0.39, 0.29) is 6.61 Å². The lowest BCUT2D eigenvalue weighted by atomic mass is 10.3. The van der Waals surface area contributed by atoms with Crippen LogP contribution in [0.5, 0.6) is 0 Å². The highest BCUT2D eigenvalue weighted by Gasteiger charge is 2.09. The van der Waals surface area contributed by atoms with Crippen LogP contribution in [0.1, 0.15) is 17.5 Å². The summed E-state index contributed by atoms with van der Waals surface area (Å²) in [5.41, 5.74) is 1.38. The molecule has 0 unspecified atom stereocenters. The van der Waals surface area contributed by atoms with Gasteiger partial charge in [-0.05, 0) is 13.8 Å². The normalized spacial score (nSPS) is 11.8. The fraction of sp³-hybridized carbons (Fsp3) is 0.500. The number of aromatic nitrogens is 1. The highest BCUT2D eigenvalue weighted by molar-refractivity contribution is 7.17. The molecule has 5 nitrogen and oxygen atoms in total. The number of hydrogen-bond acceptors (Lipinski definition) is 6. The van der Waals surface area contributed by atoms with Crippen molar-refractivity contribution in [3.8, 4) is 0 Å². The lowest BCUT2D eigenvalue weighted by Crippen LogP contribution is -2.04. The van der Waals surface area contributed by atoms with Gasteiger partial charge in [0.1, 0.15) is 0 Å². The zero-order valence-electron chi connectivity index (χ0n) is 8.11. The molecular weight excluding hydrogens is 202 g/mol. The molecule has 0 aliphatic heterocycles. The van der Waals surface area contributed by atoms with Crippen molar-refractivity contribution in [2.45, 2.75) is 13.8 Å². The summed E-state index contributed by atoms with van der Waals surface area (Å²) in [6.45, 7) is 4.11. The zero-order valence-corrected chi connectivity index (χ0v) is 8.93. The Morgan fingerprint density at radius 1 is 1.64 bits per heavy atom. The minimum absolute atomic E-state index is 0.0705. The number of rotatable bonds is 4. The van der Waals surface area contributed by atoms with Gasteiger partial charge in [-0.15, -0.1) is 0 Å². The van der Waals surface area contributed by atoms with E-state index in [9.17, 15) is 0 Å². The number of thiazole rings is 1. The summed E-state index contributed by atoms with van der Waals surface area (Å²) in [5.74, 6) is 0. The maximum absolute atomic E-state index is 8.61. The van der Waals surface area contributed by atoms with Crippen molar-refractivity contribution in [1.82, 2.24) is 4.98 Å². The molecule has 1 rings (SSSR count). The number of nitrogens with zero attached hydrogens (tertiary/aromatic N) is 2. The van der Waals surface area contributed by atoms with Crippen molar-refractivity contribution < 1.29 is 10.3 Å². The van der Waals surface area contributed by atoms with Crippen LogP contribution >= 0.6 is 11.3 Å². The average molecular weight is 215 g/mol. The second-order valence-electron chi connectivity index (χ2n) is 2.77. The molecule has 78 valence electrons. The van der Waals surface area contributed by atoms with Gasteiger partial charge >= 0.3 is 0 Å². The molecule has 0 aromatic carbocycles. The second-order valence-corrected chi connectivity index (χ2v) is 3.77. The quantitative estimate of drug-likeness (QED) is 0.398. The standard InChI is InChI=1S/C8H13N3O2S/c1-5-7(6(2)11-13)14-8(10-5)9-3-4-12/h12-13H,3-4H2,1-2H3,(H,9,10). The summed E-state index contributed by atoms with van der Waals surface area (Å²) in [6, 6.07) is 0. The fourth-order valence-electron chi connectivity index (χ4n) is 1.02. The minimum Gasteiger partial charge on any atom is -0.411 e. The molecule has 1 aromatic heterocycles. The first kappa shape index (κ1) is 10.9. The molecule has 0 spiro atoms. The van der Waals surface area contributed by atoms with Crippen molar-refractivity contribution in [3.63, 3.8) is 0 Å². The van der Waals surface area contributed by atoms with E-state index in [2.05, 4.69) is 15.5 Å². The van der Waals surface area contributed by atoms with Gasteiger partial charge in [-0.3, -0.25) is 0 Å². The average Bonchev–Trinajstić information content (AvgIpc) is 2.55. The first-order valence-corrected chi connectivity index (χ1v) is 5.02. The van der Waals surface area contributed by atoms with Crippen LogP contribution in [0.15, 0.2) is 5.16 Å². The molecule has 0 atom stereocenters. The van der Waals surface area contributed by atoms with Crippen molar-refractivity contribution in [2.24, 2.45) is 5.16 Å². The van der Waals surface area contributed by atoms with Gasteiger partial charge in [-0.25, -0.2) is 4.98 Å². The van der Waals surface area contributed by atoms with E-state index >= 15 is 0 Å². The number of aliphatic hydroxyl groups excluding tert-OH is 1. The second kappa shape index (κ2) is 4.92. The van der Waals surface area contributed by atoms with E-state index < -0.39 is 0 Å². The Kier molecular flexibility index (Phi) is 3.84. The van der Waals surface area contributed by atoms with E-state index in [0.717, 1.165) is 15.7 Å². The topological polar surface area (TPSA) is 77.7 Å². The number of hydrogen-bond donors (Lipinski definition) is 3. The summed E-state index contributed by atoms with van der Waals surface area (Å²) in [6.07, 6.45) is 0. The van der Waals surface area contributed by atoms with Gasteiger partial charge in [0.05, 0.1) is 22.9 Å². The molecule has 0 aliphatic rings. The van der Waals surface area contributed by atoms with Gasteiger partial charge in [-0.1, -0.05) is 16.5 Å². The molecule has 0 saturated heterocycles. The minimum atomic E-state index is 0.0705. The predicted octanol–water partition coefficient (Wildman–Crippen LogP) is 1.05. The van der Waals surface area contributed by atoms with Gasteiger partial charge in [0.2, 0.25) is 0 Å². The Bertz CT molecular complexity index is 335. The smallest absolute Gasteiger partial charge is 0.183 e. The molecule has 1 heterocycles. The molecule has 3 N–H and O–H groups in total. The van der Waals surface area contributed by atoms with Crippen LogP contribution in [0, 0.1) is 6.92 Å². The fourth-order valence-corrected chi connectivity index (χ4v) is 1.95. The summed E-state index contributed by atoms with van der Waals surface area (Å²) in [7, 11) is 0. The SMILES string of the molecule is CC(=NO)c1sc(NCCO)nc1C. The van der Waals surface area contributed by atoms with Gasteiger partial charge in [0.25, 0.3) is 0 Å². The molecule has 0 bridgehead atoms. The third kappa shape index (κ3) is 2.43. The molecule has 14 heavy (non-hydrogen) atoms. The maximum atomic E-state index is 8.61. The Morgan fingerprint density at radius 3 is 2.93 bits per heavy atom. The molecule has 0 radical (unpaired) electrons. The first-order valence-electron chi connectivity index (χ1n) is 4.20. The summed E-state index contributed by atoms with van der Waals surface area (Å²) in [4.78, 5) is 5.08. The molecule has 0 amide bonds. The number of aliphatic hydroxyl groups is 1. The Morgan fingerprint density at radius 2 is 2.36 bits per heavy atom. The van der Waals surface area contributed by atoms with Crippen LogP contribution in [-0.4, -0.2) is 34.2 Å². The van der Waals surface area contributed by atoms with Crippen LogP contribution < -0.4 is 5.32 Å². The lowest BCUT2D eigenvalue weighted by molar-refractivity contribution is 0.311. The van der Waals surface area contributed by atoms with Gasteiger partial charge < -0.3 is 15.6 Å². The summed E-state index contributed by atoms with van der Waals surface area (Å²) < 4.78 is 0. The Hall–Kier alpha value is -1.14. The van der Waals surface area contributed by atoms with E-state index in [0.29, 0.717) is 12.3 Å². The maximum Gasteiger partial charge on any atom is 0.183 e. The Balaban J connectivity index is 2.82. The number of aryl methyl sites for hydroxylation is 1. The van der Waals surface area contributed by atoms with Crippen LogP contribution in [0.2, 0.25) is 0 Å². The third-order valence-corrected chi connectivity index (χ3v) is 2.89. The van der Waals surface area contributed by atoms with Crippen molar-refractivity contribution in [2.75, 3.05) is 18.5 Å². The predicted molar refractivity (Wildman–Crippen MR) is 56.4 cm³/mol. The monoisotopic (exact) mass is 215 g/mol. The number of oxime groups is 1. The van der Waals surface area contributed by atoms with E-state index in [4.69, 9.17) is 10.3 Å². The van der Waals surface area contributed by atoms with Crippen molar-refractivity contribution in [1.29, 1.82) is 0 Å². The van der Waals surface area contributed by atoms with Gasteiger partial charge in [0.15, 0.2) is 5.13 Å². The van der Waals surface area contributed by atoms with E-state index in [1.165, 1.54) is 11.3 Å². The van der Waals surface area contributed by atoms with Crippen molar-refractivity contribution >= 4 is 22.2 Å². The third-order valence-electron chi connectivity index (χ3n) is 1.66. The number of nitrogens with one attached hydrogen (secondary N) is 1. The molecule has 0 saturated carbocycles. The molecule has 1 aromatic rings. The summed E-state index contributed by atoms with van der Waals surface area (Å²) >= 11 is 1.41. The number of anilines is 1. The molecule has 0 aliphatic carbocycles. The zero-order chi connectivity index (χ0) is 10.6. The van der Waals surface area contributed by atoms with Crippen LogP contribution in [-0.2, 0) is 0 Å². The van der Waals surface area contributed by atoms with Crippen LogP contribution in [0.3, 0.4) is 0 Å². The van der Waals surface area contributed by atoms with Crippen LogP contribution in [0.4, 0.5) is 5.13 Å². The molecular formula is C8H13N3O2S. The van der Waals surface area contributed by atoms with Gasteiger partial charge in [0, 0.05) is 6.54 Å². The highest BCUT2D eigenvalue weighted by atomic mass is 32.1. The van der Waals surface area contributed by atoms with Crippen molar-refractivity contribution in [3.05, 3.63) is 10.6 Å². The largest absolute Gasteiger partial charge is 0.411 e.